The first kappa shape index (κ1) is 13.1. The molecule has 1 saturated heterocycles. The standard InChI is InChI=1S/C13H16ClN3OS/c1-8(9-2-5-18-6-3-9)15-12-11-10(4-7-19-11)16-13(14)17-12/h4,7-9H,2-3,5-6H2,1H3,(H,15,16,17). The number of nitrogens with one attached hydrogen (secondary N) is 1. The molecule has 3 heterocycles. The Hall–Kier alpha value is -0.910. The Kier molecular flexibility index (Phi) is 3.86. The molecule has 0 spiro atoms. The zero-order chi connectivity index (χ0) is 13.2. The molecule has 0 amide bonds. The van der Waals surface area contributed by atoms with Crippen LogP contribution in [-0.4, -0.2) is 29.2 Å². The van der Waals surface area contributed by atoms with Crippen LogP contribution in [0.5, 0.6) is 0 Å². The van der Waals surface area contributed by atoms with Crippen LogP contribution in [0.2, 0.25) is 5.28 Å². The van der Waals surface area contributed by atoms with E-state index in [4.69, 9.17) is 16.3 Å². The van der Waals surface area contributed by atoms with Crippen molar-refractivity contribution in [2.24, 2.45) is 5.92 Å². The largest absolute Gasteiger partial charge is 0.381 e. The molecule has 1 aliphatic heterocycles. The highest BCUT2D eigenvalue weighted by molar-refractivity contribution is 7.17. The van der Waals surface area contributed by atoms with E-state index in [1.165, 1.54) is 0 Å². The fraction of sp³-hybridized carbons (Fsp3) is 0.538. The normalized spacial score (nSPS) is 18.6. The minimum absolute atomic E-state index is 0.299. The van der Waals surface area contributed by atoms with Crippen molar-refractivity contribution >= 4 is 39.0 Å². The smallest absolute Gasteiger partial charge is 0.224 e. The van der Waals surface area contributed by atoms with E-state index in [1.807, 2.05) is 11.4 Å². The second-order valence-corrected chi connectivity index (χ2v) is 6.11. The van der Waals surface area contributed by atoms with Crippen molar-refractivity contribution in [3.8, 4) is 0 Å². The van der Waals surface area contributed by atoms with Crippen LogP contribution in [0.1, 0.15) is 19.8 Å². The second kappa shape index (κ2) is 5.61. The Morgan fingerprint density at radius 2 is 2.21 bits per heavy atom. The zero-order valence-electron chi connectivity index (χ0n) is 10.7. The van der Waals surface area contributed by atoms with Crippen molar-refractivity contribution in [1.29, 1.82) is 0 Å². The number of aromatic nitrogens is 2. The summed E-state index contributed by atoms with van der Waals surface area (Å²) in [7, 11) is 0. The van der Waals surface area contributed by atoms with E-state index >= 15 is 0 Å². The van der Waals surface area contributed by atoms with Crippen molar-refractivity contribution in [2.75, 3.05) is 18.5 Å². The van der Waals surface area contributed by atoms with Crippen LogP contribution in [-0.2, 0) is 4.74 Å². The molecular formula is C13H16ClN3OS. The van der Waals surface area contributed by atoms with Gasteiger partial charge in [-0.2, -0.15) is 4.98 Å². The third-order valence-electron chi connectivity index (χ3n) is 3.61. The molecule has 2 aromatic rings. The first-order valence-electron chi connectivity index (χ1n) is 6.49. The number of thiophene rings is 1. The maximum atomic E-state index is 5.97. The van der Waals surface area contributed by atoms with Gasteiger partial charge in [-0.15, -0.1) is 11.3 Å². The van der Waals surface area contributed by atoms with Gasteiger partial charge in [0.1, 0.15) is 5.82 Å². The number of hydrogen-bond donors (Lipinski definition) is 1. The first-order chi connectivity index (χ1) is 9.24. The predicted molar refractivity (Wildman–Crippen MR) is 79.1 cm³/mol. The quantitative estimate of drug-likeness (QED) is 0.880. The molecule has 19 heavy (non-hydrogen) atoms. The summed E-state index contributed by atoms with van der Waals surface area (Å²) in [5, 5.41) is 5.81. The monoisotopic (exact) mass is 297 g/mol. The fourth-order valence-corrected chi connectivity index (χ4v) is 3.44. The summed E-state index contributed by atoms with van der Waals surface area (Å²) in [6.07, 6.45) is 2.20. The molecule has 6 heteroatoms. The van der Waals surface area contributed by atoms with Crippen molar-refractivity contribution in [2.45, 2.75) is 25.8 Å². The molecule has 102 valence electrons. The van der Waals surface area contributed by atoms with Gasteiger partial charge in [-0.1, -0.05) is 0 Å². The van der Waals surface area contributed by atoms with Gasteiger partial charge in [-0.3, -0.25) is 0 Å². The summed E-state index contributed by atoms with van der Waals surface area (Å²) in [5.41, 5.74) is 0.909. The molecule has 1 atom stereocenters. The van der Waals surface area contributed by atoms with E-state index in [0.29, 0.717) is 17.2 Å². The number of hydrogen-bond acceptors (Lipinski definition) is 5. The van der Waals surface area contributed by atoms with Crippen LogP contribution in [0.25, 0.3) is 10.2 Å². The van der Waals surface area contributed by atoms with Crippen LogP contribution in [0.4, 0.5) is 5.82 Å². The van der Waals surface area contributed by atoms with Crippen LogP contribution in [0.15, 0.2) is 11.4 Å². The van der Waals surface area contributed by atoms with Gasteiger partial charge in [0.2, 0.25) is 5.28 Å². The number of ether oxygens (including phenoxy) is 1. The minimum atomic E-state index is 0.299. The molecule has 1 aliphatic rings. The SMILES string of the molecule is CC(Nc1nc(Cl)nc2ccsc12)C1CCOCC1. The van der Waals surface area contributed by atoms with E-state index in [9.17, 15) is 0 Å². The lowest BCUT2D eigenvalue weighted by molar-refractivity contribution is 0.0622. The number of rotatable bonds is 3. The zero-order valence-corrected chi connectivity index (χ0v) is 12.3. The van der Waals surface area contributed by atoms with Gasteiger partial charge in [0.25, 0.3) is 0 Å². The summed E-state index contributed by atoms with van der Waals surface area (Å²) in [4.78, 5) is 8.55. The summed E-state index contributed by atoms with van der Waals surface area (Å²) in [5.74, 6) is 1.47. The second-order valence-electron chi connectivity index (χ2n) is 4.86. The molecule has 0 radical (unpaired) electrons. The highest BCUT2D eigenvalue weighted by Crippen LogP contribution is 2.29. The Morgan fingerprint density at radius 3 is 3.00 bits per heavy atom. The molecular weight excluding hydrogens is 282 g/mol. The lowest BCUT2D eigenvalue weighted by atomic mass is 9.93. The molecule has 0 aromatic carbocycles. The van der Waals surface area contributed by atoms with Crippen LogP contribution in [0.3, 0.4) is 0 Å². The average Bonchev–Trinajstić information content (AvgIpc) is 2.88. The van der Waals surface area contributed by atoms with Crippen LogP contribution >= 0.6 is 22.9 Å². The van der Waals surface area contributed by atoms with Gasteiger partial charge in [-0.05, 0) is 48.7 Å². The summed E-state index contributed by atoms with van der Waals surface area (Å²) < 4.78 is 6.48. The first-order valence-corrected chi connectivity index (χ1v) is 7.75. The predicted octanol–water partition coefficient (Wildman–Crippen LogP) is 3.57. The summed E-state index contributed by atoms with van der Waals surface area (Å²) in [6.45, 7) is 3.91. The number of halogens is 1. The highest BCUT2D eigenvalue weighted by Gasteiger charge is 2.21. The van der Waals surface area contributed by atoms with E-state index in [0.717, 1.165) is 42.1 Å². The molecule has 3 rings (SSSR count). The highest BCUT2D eigenvalue weighted by atomic mass is 35.5. The Labute approximate surface area is 121 Å². The Balaban J connectivity index is 1.82. The average molecular weight is 298 g/mol. The fourth-order valence-electron chi connectivity index (χ4n) is 2.48. The number of fused-ring (bicyclic) bond motifs is 1. The Bertz CT molecular complexity index is 568. The molecule has 1 N–H and O–H groups in total. The molecule has 1 unspecified atom stereocenters. The van der Waals surface area contributed by atoms with Crippen molar-refractivity contribution in [3.63, 3.8) is 0 Å². The number of anilines is 1. The van der Waals surface area contributed by atoms with Gasteiger partial charge < -0.3 is 10.1 Å². The Morgan fingerprint density at radius 1 is 1.42 bits per heavy atom. The molecule has 0 aliphatic carbocycles. The van der Waals surface area contributed by atoms with E-state index in [1.54, 1.807) is 11.3 Å². The molecule has 1 fully saturated rings. The summed E-state index contributed by atoms with van der Waals surface area (Å²) in [6, 6.07) is 2.33. The van der Waals surface area contributed by atoms with Gasteiger partial charge in [0, 0.05) is 19.3 Å². The van der Waals surface area contributed by atoms with Gasteiger partial charge >= 0.3 is 0 Å². The van der Waals surface area contributed by atoms with Gasteiger partial charge in [-0.25, -0.2) is 4.98 Å². The topological polar surface area (TPSA) is 47.0 Å². The molecule has 4 nitrogen and oxygen atoms in total. The third-order valence-corrected chi connectivity index (χ3v) is 4.69. The van der Waals surface area contributed by atoms with E-state index in [-0.39, 0.29) is 0 Å². The van der Waals surface area contributed by atoms with Crippen molar-refractivity contribution < 1.29 is 4.74 Å². The lowest BCUT2D eigenvalue weighted by Gasteiger charge is -2.28. The van der Waals surface area contributed by atoms with Crippen LogP contribution < -0.4 is 5.32 Å². The van der Waals surface area contributed by atoms with Gasteiger partial charge in [0.15, 0.2) is 0 Å². The van der Waals surface area contributed by atoms with E-state index < -0.39 is 0 Å². The lowest BCUT2D eigenvalue weighted by Crippen LogP contribution is -2.31. The van der Waals surface area contributed by atoms with E-state index in [2.05, 4.69) is 22.2 Å². The third kappa shape index (κ3) is 2.83. The number of nitrogens with zero attached hydrogens (tertiary/aromatic N) is 2. The molecule has 2 aromatic heterocycles. The maximum absolute atomic E-state index is 5.97. The molecule has 0 bridgehead atoms. The van der Waals surface area contributed by atoms with Crippen molar-refractivity contribution in [3.05, 3.63) is 16.7 Å². The maximum Gasteiger partial charge on any atom is 0.224 e. The summed E-state index contributed by atoms with van der Waals surface area (Å²) >= 11 is 7.61. The van der Waals surface area contributed by atoms with Crippen LogP contribution in [0, 0.1) is 5.92 Å². The molecule has 0 saturated carbocycles. The minimum Gasteiger partial charge on any atom is -0.381 e. The van der Waals surface area contributed by atoms with Crippen molar-refractivity contribution in [1.82, 2.24) is 9.97 Å². The van der Waals surface area contributed by atoms with Gasteiger partial charge in [0.05, 0.1) is 10.2 Å².